The number of aromatic nitrogens is 3. The molecule has 2 heterocycles. The van der Waals surface area contributed by atoms with Crippen LogP contribution in [0.4, 0.5) is 0 Å². The van der Waals surface area contributed by atoms with Crippen LogP contribution in [-0.2, 0) is 0 Å². The lowest BCUT2D eigenvalue weighted by molar-refractivity contribution is 1.31. The number of nitrogens with one attached hydrogen (secondary N) is 2. The summed E-state index contributed by atoms with van der Waals surface area (Å²) in [6, 6.07) is 23.2. The fraction of sp³-hybridized carbons (Fsp3) is 0. The Morgan fingerprint density at radius 1 is 0.828 bits per heavy atom. The second-order valence-corrected chi connectivity index (χ2v) is 10.1. The van der Waals surface area contributed by atoms with E-state index in [1.807, 2.05) is 12.3 Å². The zero-order valence-corrected chi connectivity index (χ0v) is 20.9. The quantitative estimate of drug-likeness (QED) is 0.189. The Morgan fingerprint density at radius 3 is 2.31 bits per heavy atom. The molecule has 142 valence electrons. The van der Waals surface area contributed by atoms with Crippen molar-refractivity contribution in [3.63, 3.8) is 0 Å². The van der Waals surface area contributed by atoms with Gasteiger partial charge < -0.3 is 9.97 Å². The van der Waals surface area contributed by atoms with Crippen molar-refractivity contribution in [2.24, 2.45) is 0 Å². The molecule has 0 unspecified atom stereocenters. The maximum Gasteiger partial charge on any atom is 0.140 e. The lowest BCUT2D eigenvalue weighted by atomic mass is 10.1. The first-order valence-corrected chi connectivity index (χ1v) is 11.9. The smallest absolute Gasteiger partial charge is 0.140 e. The Balaban J connectivity index is 1.75. The molecule has 0 fully saturated rings. The van der Waals surface area contributed by atoms with Gasteiger partial charge in [-0.05, 0) is 87.6 Å². The van der Waals surface area contributed by atoms with Crippen molar-refractivity contribution in [1.29, 1.82) is 0 Å². The number of rotatable bonds is 3. The van der Waals surface area contributed by atoms with E-state index in [1.165, 1.54) is 7.14 Å². The average molecular weight is 666 g/mol. The Kier molecular flexibility index (Phi) is 5.25. The van der Waals surface area contributed by atoms with Gasteiger partial charge in [-0.2, -0.15) is 0 Å². The minimum atomic E-state index is 0.858. The van der Waals surface area contributed by atoms with Crippen LogP contribution in [0.2, 0.25) is 0 Å². The van der Waals surface area contributed by atoms with Gasteiger partial charge >= 0.3 is 0 Å². The lowest BCUT2D eigenvalue weighted by Crippen LogP contribution is -1.85. The molecule has 0 radical (unpaired) electrons. The summed E-state index contributed by atoms with van der Waals surface area (Å²) in [6.07, 6.45) is 2.02. The van der Waals surface area contributed by atoms with Gasteiger partial charge in [0, 0.05) is 45.4 Å². The highest BCUT2D eigenvalue weighted by molar-refractivity contribution is 14.1. The summed E-state index contributed by atoms with van der Waals surface area (Å²) < 4.78 is 3.43. The molecule has 0 atom stereocenters. The molecule has 2 N–H and O–H groups in total. The molecule has 2 aromatic heterocycles. The maximum atomic E-state index is 5.05. The number of aromatic amines is 2. The first-order valence-electron chi connectivity index (χ1n) is 8.97. The van der Waals surface area contributed by atoms with Crippen molar-refractivity contribution in [1.82, 2.24) is 15.0 Å². The second-order valence-electron chi connectivity index (χ2n) is 6.72. The Labute approximate surface area is 203 Å². The summed E-state index contributed by atoms with van der Waals surface area (Å²) in [6.45, 7) is 0. The van der Waals surface area contributed by atoms with Gasteiger partial charge in [0.1, 0.15) is 5.82 Å². The average Bonchev–Trinajstić information content (AvgIpc) is 3.32. The number of benzene rings is 3. The largest absolute Gasteiger partial charge is 0.360 e. The summed E-state index contributed by atoms with van der Waals surface area (Å²) in [5, 5.41) is 1.14. The summed E-state index contributed by atoms with van der Waals surface area (Å²) in [5.41, 5.74) is 6.38. The molecule has 0 saturated carbocycles. The number of fused-ring (bicyclic) bond motifs is 1. The Hall–Kier alpha value is -1.65. The van der Waals surface area contributed by atoms with Crippen molar-refractivity contribution in [2.75, 3.05) is 0 Å². The van der Waals surface area contributed by atoms with Crippen LogP contribution in [-0.4, -0.2) is 15.0 Å². The summed E-state index contributed by atoms with van der Waals surface area (Å²) >= 11 is 8.28. The molecule has 5 rings (SSSR count). The fourth-order valence-electron chi connectivity index (χ4n) is 3.49. The minimum absolute atomic E-state index is 0.858. The van der Waals surface area contributed by atoms with Crippen molar-refractivity contribution >= 4 is 72.0 Å². The number of imidazole rings is 1. The highest BCUT2D eigenvalue weighted by Crippen LogP contribution is 2.36. The molecule has 0 saturated heterocycles. The fourth-order valence-corrected chi connectivity index (χ4v) is 4.93. The highest BCUT2D eigenvalue weighted by atomic mass is 127. The van der Waals surface area contributed by atoms with Crippen LogP contribution < -0.4 is 0 Å². The van der Waals surface area contributed by atoms with Crippen molar-refractivity contribution < 1.29 is 0 Å². The molecule has 0 amide bonds. The molecule has 3 aromatic carbocycles. The van der Waals surface area contributed by atoms with Crippen molar-refractivity contribution in [3.8, 4) is 33.9 Å². The third kappa shape index (κ3) is 3.77. The van der Waals surface area contributed by atoms with Crippen LogP contribution in [0.3, 0.4) is 0 Å². The molecule has 5 aromatic rings. The molecular formula is C23H14BrI2N3. The topological polar surface area (TPSA) is 44.5 Å². The summed E-state index contributed by atoms with van der Waals surface area (Å²) in [4.78, 5) is 12.0. The van der Waals surface area contributed by atoms with E-state index in [9.17, 15) is 0 Å². The molecule has 3 nitrogen and oxygen atoms in total. The zero-order valence-electron chi connectivity index (χ0n) is 15.0. The molecule has 0 spiro atoms. The predicted molar refractivity (Wildman–Crippen MR) is 140 cm³/mol. The number of halogens is 3. The van der Waals surface area contributed by atoms with Gasteiger partial charge in [-0.25, -0.2) is 4.98 Å². The van der Waals surface area contributed by atoms with Gasteiger partial charge in [-0.15, -0.1) is 0 Å². The zero-order chi connectivity index (χ0) is 20.0. The first kappa shape index (κ1) is 19.3. The lowest BCUT2D eigenvalue weighted by Gasteiger charge is -2.04. The number of hydrogen-bond acceptors (Lipinski definition) is 1. The predicted octanol–water partition coefficient (Wildman–Crippen LogP) is 7.86. The van der Waals surface area contributed by atoms with E-state index in [4.69, 9.17) is 4.98 Å². The molecular weight excluding hydrogens is 652 g/mol. The first-order chi connectivity index (χ1) is 14.1. The SMILES string of the molecule is Brc1ccc2[nH]cc(-c3nc(-c4cccc(I)c4)c(-c4cccc(I)c4)[nH]3)c2c1. The maximum absolute atomic E-state index is 5.05. The van der Waals surface area contributed by atoms with Crippen LogP contribution >= 0.6 is 61.1 Å². The Bertz CT molecular complexity index is 1290. The second kappa shape index (κ2) is 7.88. The van der Waals surface area contributed by atoms with E-state index < -0.39 is 0 Å². The van der Waals surface area contributed by atoms with Gasteiger partial charge in [0.2, 0.25) is 0 Å². The molecule has 29 heavy (non-hydrogen) atoms. The molecule has 0 bridgehead atoms. The van der Waals surface area contributed by atoms with E-state index in [1.54, 1.807) is 0 Å². The van der Waals surface area contributed by atoms with Crippen LogP contribution in [0.15, 0.2) is 77.4 Å². The van der Waals surface area contributed by atoms with Crippen LogP contribution in [0.5, 0.6) is 0 Å². The normalized spacial score (nSPS) is 11.3. The third-order valence-corrected chi connectivity index (χ3v) is 6.65. The van der Waals surface area contributed by atoms with Gasteiger partial charge in [-0.1, -0.05) is 40.2 Å². The summed E-state index contributed by atoms with van der Waals surface area (Å²) in [5.74, 6) is 0.858. The van der Waals surface area contributed by atoms with E-state index in [0.717, 1.165) is 49.3 Å². The van der Waals surface area contributed by atoms with Crippen LogP contribution in [0.25, 0.3) is 44.8 Å². The highest BCUT2D eigenvalue weighted by Gasteiger charge is 2.18. The van der Waals surface area contributed by atoms with Crippen LogP contribution in [0.1, 0.15) is 0 Å². The molecule has 6 heteroatoms. The Morgan fingerprint density at radius 2 is 1.55 bits per heavy atom. The molecule has 0 aliphatic carbocycles. The van der Waals surface area contributed by atoms with E-state index in [0.29, 0.717) is 0 Å². The van der Waals surface area contributed by atoms with Gasteiger partial charge in [0.25, 0.3) is 0 Å². The number of hydrogen-bond donors (Lipinski definition) is 2. The number of nitrogens with zero attached hydrogens (tertiary/aromatic N) is 1. The van der Waals surface area contributed by atoms with Gasteiger partial charge in [-0.3, -0.25) is 0 Å². The van der Waals surface area contributed by atoms with Crippen molar-refractivity contribution in [3.05, 3.63) is 84.5 Å². The number of H-pyrrole nitrogens is 2. The minimum Gasteiger partial charge on any atom is -0.360 e. The summed E-state index contributed by atoms with van der Waals surface area (Å²) in [7, 11) is 0. The van der Waals surface area contributed by atoms with Crippen molar-refractivity contribution in [2.45, 2.75) is 0 Å². The van der Waals surface area contributed by atoms with Gasteiger partial charge in [0.05, 0.1) is 11.4 Å². The van der Waals surface area contributed by atoms with E-state index in [-0.39, 0.29) is 0 Å². The van der Waals surface area contributed by atoms with E-state index >= 15 is 0 Å². The monoisotopic (exact) mass is 665 g/mol. The molecule has 0 aliphatic heterocycles. The van der Waals surface area contributed by atoms with E-state index in [2.05, 4.69) is 132 Å². The van der Waals surface area contributed by atoms with Gasteiger partial charge in [0.15, 0.2) is 0 Å². The third-order valence-electron chi connectivity index (χ3n) is 4.81. The van der Waals surface area contributed by atoms with Crippen LogP contribution in [0, 0.1) is 7.14 Å². The molecule has 0 aliphatic rings. The standard InChI is InChI=1S/C23H14BrI2N3/c24-15-7-8-20-18(11-15)19(12-27-20)23-28-21(13-3-1-5-16(25)9-13)22(29-23)14-4-2-6-17(26)10-14/h1-12,27H,(H,28,29).